The fraction of sp³-hybridized carbons (Fsp3) is 0.167. The maximum absolute atomic E-state index is 12.6. The van der Waals surface area contributed by atoms with E-state index < -0.39 is 17.7 Å². The number of hydrogen-bond acceptors (Lipinski definition) is 3. The molecule has 0 saturated carbocycles. The fourth-order valence-corrected chi connectivity index (χ4v) is 2.81. The van der Waals surface area contributed by atoms with Crippen molar-refractivity contribution in [1.82, 2.24) is 0 Å². The number of rotatable bonds is 5. The van der Waals surface area contributed by atoms with Gasteiger partial charge >= 0.3 is 12.1 Å². The number of benzene rings is 2. The minimum absolute atomic E-state index is 0.359. The van der Waals surface area contributed by atoms with E-state index in [0.717, 1.165) is 17.0 Å². The smallest absolute Gasteiger partial charge is 0.416 e. The predicted octanol–water partition coefficient (Wildman–Crippen LogP) is 5.05. The summed E-state index contributed by atoms with van der Waals surface area (Å²) >= 11 is 1.45. The standard InChI is InChI=1S/C18H15F3O2S/c1-23-17(22)14(12-24-16-5-3-2-4-6-16)11-13-7-9-15(10-8-13)18(19,20)21/h2-11H,12H2,1H3/b14-11+. The lowest BCUT2D eigenvalue weighted by Crippen LogP contribution is -2.07. The molecule has 0 saturated heterocycles. The van der Waals surface area contributed by atoms with Gasteiger partial charge in [0.05, 0.1) is 12.7 Å². The van der Waals surface area contributed by atoms with Crippen LogP contribution in [-0.2, 0) is 15.7 Å². The van der Waals surface area contributed by atoms with Crippen molar-refractivity contribution in [1.29, 1.82) is 0 Å². The molecule has 0 amide bonds. The lowest BCUT2D eigenvalue weighted by Gasteiger charge is -2.08. The molecule has 0 bridgehead atoms. The van der Waals surface area contributed by atoms with Crippen molar-refractivity contribution in [3.05, 3.63) is 71.3 Å². The Bertz CT molecular complexity index is 707. The van der Waals surface area contributed by atoms with Crippen LogP contribution in [0, 0.1) is 0 Å². The Balaban J connectivity index is 2.17. The molecule has 2 aromatic rings. The quantitative estimate of drug-likeness (QED) is 0.428. The first-order valence-corrected chi connectivity index (χ1v) is 8.02. The zero-order valence-electron chi connectivity index (χ0n) is 12.8. The van der Waals surface area contributed by atoms with Crippen LogP contribution in [-0.4, -0.2) is 18.8 Å². The first-order valence-electron chi connectivity index (χ1n) is 7.04. The lowest BCUT2D eigenvalue weighted by molar-refractivity contribution is -0.138. The SMILES string of the molecule is COC(=O)/C(=C/c1ccc(C(F)(F)F)cc1)CSc1ccccc1. The van der Waals surface area contributed by atoms with Gasteiger partial charge in [-0.2, -0.15) is 13.2 Å². The number of halogens is 3. The van der Waals surface area contributed by atoms with E-state index in [0.29, 0.717) is 16.9 Å². The Kier molecular flexibility index (Phi) is 6.09. The van der Waals surface area contributed by atoms with E-state index in [1.165, 1.54) is 31.0 Å². The molecule has 0 spiro atoms. The van der Waals surface area contributed by atoms with Crippen molar-refractivity contribution >= 4 is 23.8 Å². The maximum Gasteiger partial charge on any atom is 0.416 e. The number of thioether (sulfide) groups is 1. The van der Waals surface area contributed by atoms with Gasteiger partial charge in [0.1, 0.15) is 0 Å². The molecule has 0 aliphatic carbocycles. The third kappa shape index (κ3) is 5.16. The molecule has 0 aromatic heterocycles. The van der Waals surface area contributed by atoms with E-state index in [9.17, 15) is 18.0 Å². The third-order valence-corrected chi connectivity index (χ3v) is 4.22. The molecule has 0 unspecified atom stereocenters. The molecule has 0 heterocycles. The Morgan fingerprint density at radius 3 is 2.25 bits per heavy atom. The molecule has 0 fully saturated rings. The lowest BCUT2D eigenvalue weighted by atomic mass is 10.1. The highest BCUT2D eigenvalue weighted by Gasteiger charge is 2.29. The second-order valence-corrected chi connectivity index (χ2v) is 5.93. The van der Waals surface area contributed by atoms with E-state index in [1.807, 2.05) is 30.3 Å². The number of ether oxygens (including phenoxy) is 1. The van der Waals surface area contributed by atoms with Gasteiger partial charge < -0.3 is 4.74 Å². The summed E-state index contributed by atoms with van der Waals surface area (Å²) in [4.78, 5) is 12.9. The van der Waals surface area contributed by atoms with Crippen LogP contribution in [0.1, 0.15) is 11.1 Å². The fourth-order valence-electron chi connectivity index (χ4n) is 1.94. The molecular formula is C18H15F3O2S. The highest BCUT2D eigenvalue weighted by Crippen LogP contribution is 2.29. The third-order valence-electron chi connectivity index (χ3n) is 3.16. The van der Waals surface area contributed by atoms with E-state index >= 15 is 0 Å². The van der Waals surface area contributed by atoms with Crippen molar-refractivity contribution in [2.24, 2.45) is 0 Å². The zero-order valence-corrected chi connectivity index (χ0v) is 13.7. The molecule has 0 aliphatic heterocycles. The Morgan fingerprint density at radius 1 is 1.08 bits per heavy atom. The monoisotopic (exact) mass is 352 g/mol. The summed E-state index contributed by atoms with van der Waals surface area (Å²) in [6, 6.07) is 14.1. The van der Waals surface area contributed by atoms with Crippen LogP contribution in [0.25, 0.3) is 6.08 Å². The molecule has 2 aromatic carbocycles. The van der Waals surface area contributed by atoms with Crippen LogP contribution in [0.2, 0.25) is 0 Å². The van der Waals surface area contributed by atoms with Gasteiger partial charge in [0.25, 0.3) is 0 Å². The van der Waals surface area contributed by atoms with Crippen LogP contribution in [0.3, 0.4) is 0 Å². The first kappa shape index (κ1) is 18.1. The number of carbonyl (C=O) groups is 1. The second-order valence-electron chi connectivity index (χ2n) is 4.88. The van der Waals surface area contributed by atoms with E-state index in [2.05, 4.69) is 0 Å². The summed E-state index contributed by atoms with van der Waals surface area (Å²) in [5.74, 6) is -0.143. The van der Waals surface area contributed by atoms with Crippen LogP contribution in [0.5, 0.6) is 0 Å². The minimum Gasteiger partial charge on any atom is -0.466 e. The largest absolute Gasteiger partial charge is 0.466 e. The summed E-state index contributed by atoms with van der Waals surface area (Å²) < 4.78 is 42.5. The van der Waals surface area contributed by atoms with Gasteiger partial charge in [-0.05, 0) is 35.9 Å². The number of hydrogen-bond donors (Lipinski definition) is 0. The van der Waals surface area contributed by atoms with Crippen molar-refractivity contribution in [2.75, 3.05) is 12.9 Å². The summed E-state index contributed by atoms with van der Waals surface area (Å²) in [5.41, 5.74) is 0.168. The van der Waals surface area contributed by atoms with Crippen LogP contribution < -0.4 is 0 Å². The molecule has 24 heavy (non-hydrogen) atoms. The molecule has 6 heteroatoms. The Labute approximate surface area is 142 Å². The van der Waals surface area contributed by atoms with Crippen molar-refractivity contribution < 1.29 is 22.7 Å². The summed E-state index contributed by atoms with van der Waals surface area (Å²) in [7, 11) is 1.27. The molecule has 0 N–H and O–H groups in total. The predicted molar refractivity (Wildman–Crippen MR) is 88.6 cm³/mol. The topological polar surface area (TPSA) is 26.3 Å². The molecule has 126 valence electrons. The normalized spacial score (nSPS) is 12.1. The molecule has 2 rings (SSSR count). The van der Waals surface area contributed by atoms with Gasteiger partial charge in [0, 0.05) is 16.2 Å². The summed E-state index contributed by atoms with van der Waals surface area (Å²) in [6.07, 6.45) is -2.83. The minimum atomic E-state index is -4.38. The van der Waals surface area contributed by atoms with Gasteiger partial charge in [-0.25, -0.2) is 4.79 Å². The average molecular weight is 352 g/mol. The summed E-state index contributed by atoms with van der Waals surface area (Å²) in [6.45, 7) is 0. The second kappa shape index (κ2) is 8.06. The van der Waals surface area contributed by atoms with E-state index in [-0.39, 0.29) is 0 Å². The Morgan fingerprint density at radius 2 is 1.71 bits per heavy atom. The zero-order chi connectivity index (χ0) is 17.6. The molecule has 0 atom stereocenters. The van der Waals surface area contributed by atoms with Crippen molar-refractivity contribution in [2.45, 2.75) is 11.1 Å². The maximum atomic E-state index is 12.6. The molecule has 2 nitrogen and oxygen atoms in total. The molecule has 0 aliphatic rings. The number of carbonyl (C=O) groups excluding carboxylic acids is 1. The van der Waals surface area contributed by atoms with Gasteiger partial charge in [-0.15, -0.1) is 11.8 Å². The van der Waals surface area contributed by atoms with E-state index in [1.54, 1.807) is 6.08 Å². The van der Waals surface area contributed by atoms with Gasteiger partial charge in [0.2, 0.25) is 0 Å². The highest BCUT2D eigenvalue weighted by atomic mass is 32.2. The number of alkyl halides is 3. The van der Waals surface area contributed by atoms with Crippen LogP contribution in [0.4, 0.5) is 13.2 Å². The van der Waals surface area contributed by atoms with Crippen molar-refractivity contribution in [3.63, 3.8) is 0 Å². The van der Waals surface area contributed by atoms with Crippen LogP contribution >= 0.6 is 11.8 Å². The van der Waals surface area contributed by atoms with E-state index in [4.69, 9.17) is 4.74 Å². The Hall–Kier alpha value is -2.21. The first-order chi connectivity index (χ1) is 11.4. The number of methoxy groups -OCH3 is 1. The number of esters is 1. The van der Waals surface area contributed by atoms with Crippen LogP contribution in [0.15, 0.2) is 65.1 Å². The highest BCUT2D eigenvalue weighted by molar-refractivity contribution is 7.99. The average Bonchev–Trinajstić information content (AvgIpc) is 2.58. The molecule has 0 radical (unpaired) electrons. The molecular weight excluding hydrogens is 337 g/mol. The summed E-state index contributed by atoms with van der Waals surface area (Å²) in [5, 5.41) is 0. The van der Waals surface area contributed by atoms with Gasteiger partial charge in [-0.1, -0.05) is 30.3 Å². The van der Waals surface area contributed by atoms with Gasteiger partial charge in [0.15, 0.2) is 0 Å². The van der Waals surface area contributed by atoms with Gasteiger partial charge in [-0.3, -0.25) is 0 Å². The van der Waals surface area contributed by atoms with Crippen molar-refractivity contribution in [3.8, 4) is 0 Å².